The molecule has 1 N–H and O–H groups in total. The number of alkyl halides is 3. The molecule has 5 rings (SSSR count). The molecule has 0 amide bonds. The van der Waals surface area contributed by atoms with Crippen molar-refractivity contribution < 1.29 is 22.4 Å². The molecule has 1 saturated heterocycles. The lowest BCUT2D eigenvalue weighted by Crippen LogP contribution is -2.38. The van der Waals surface area contributed by atoms with Gasteiger partial charge in [-0.05, 0) is 36.4 Å². The SMILES string of the molecule is O=c1c2nc(N3CCOCC3)c3ccccc3[n+]2[nH]n1-c1ccc(C(F)(F)F)cc1. The number of rotatable bonds is 2. The van der Waals surface area contributed by atoms with Crippen LogP contribution < -0.4 is 15.0 Å². The molecule has 0 aliphatic carbocycles. The number of para-hydroxylation sites is 1. The molecule has 154 valence electrons. The molecule has 0 bridgehead atoms. The average Bonchev–Trinajstić information content (AvgIpc) is 3.10. The van der Waals surface area contributed by atoms with Crippen LogP contribution in [-0.4, -0.2) is 41.2 Å². The van der Waals surface area contributed by atoms with Crippen LogP contribution in [0, 0.1) is 0 Å². The van der Waals surface area contributed by atoms with Crippen molar-refractivity contribution in [3.63, 3.8) is 0 Å². The van der Waals surface area contributed by atoms with E-state index in [0.717, 1.165) is 23.0 Å². The van der Waals surface area contributed by atoms with Crippen LogP contribution >= 0.6 is 0 Å². The third-order valence-corrected chi connectivity index (χ3v) is 5.17. The lowest BCUT2D eigenvalue weighted by atomic mass is 10.2. The van der Waals surface area contributed by atoms with E-state index >= 15 is 0 Å². The van der Waals surface area contributed by atoms with Gasteiger partial charge < -0.3 is 9.64 Å². The first-order chi connectivity index (χ1) is 14.4. The zero-order chi connectivity index (χ0) is 20.9. The van der Waals surface area contributed by atoms with Gasteiger partial charge in [-0.3, -0.25) is 0 Å². The van der Waals surface area contributed by atoms with Crippen molar-refractivity contribution >= 4 is 22.4 Å². The Morgan fingerprint density at radius 2 is 1.73 bits per heavy atom. The van der Waals surface area contributed by atoms with E-state index in [-0.39, 0.29) is 11.3 Å². The molecule has 1 aliphatic rings. The van der Waals surface area contributed by atoms with Crippen LogP contribution in [0.1, 0.15) is 5.56 Å². The molecule has 1 fully saturated rings. The molecule has 0 unspecified atom stereocenters. The second-order valence-electron chi connectivity index (χ2n) is 7.00. The minimum atomic E-state index is -4.44. The minimum absolute atomic E-state index is 0.162. The summed E-state index contributed by atoms with van der Waals surface area (Å²) >= 11 is 0. The Morgan fingerprint density at radius 3 is 2.43 bits per heavy atom. The van der Waals surface area contributed by atoms with Gasteiger partial charge in [0, 0.05) is 13.1 Å². The Kier molecular flexibility index (Phi) is 4.24. The van der Waals surface area contributed by atoms with E-state index in [1.165, 1.54) is 16.8 Å². The number of aromatic amines is 1. The number of nitrogens with zero attached hydrogens (tertiary/aromatic N) is 4. The summed E-state index contributed by atoms with van der Waals surface area (Å²) in [6, 6.07) is 11.9. The van der Waals surface area contributed by atoms with Crippen LogP contribution in [-0.2, 0) is 10.9 Å². The molecule has 0 saturated carbocycles. The molecule has 4 aromatic rings. The van der Waals surface area contributed by atoms with Gasteiger partial charge in [0.2, 0.25) is 5.82 Å². The highest BCUT2D eigenvalue weighted by molar-refractivity contribution is 5.88. The highest BCUT2D eigenvalue weighted by Crippen LogP contribution is 2.29. The third kappa shape index (κ3) is 3.00. The maximum absolute atomic E-state index is 13.1. The number of anilines is 1. The summed E-state index contributed by atoms with van der Waals surface area (Å²) < 4.78 is 46.7. The standard InChI is InChI=1S/C20H16F3N5O2/c21-20(22,23)13-5-7-14(8-6-13)27-19(29)18-24-17(26-9-11-30-12-10-26)15-3-1-2-4-16(15)28(18)25-27/h1-8H,9-12H2/p+1. The van der Waals surface area contributed by atoms with Gasteiger partial charge >= 0.3 is 17.4 Å². The largest absolute Gasteiger partial charge is 0.416 e. The lowest BCUT2D eigenvalue weighted by molar-refractivity contribution is -0.557. The number of H-pyrrole nitrogens is 1. The van der Waals surface area contributed by atoms with Gasteiger partial charge in [0.05, 0.1) is 24.2 Å². The van der Waals surface area contributed by atoms with Crippen molar-refractivity contribution in [2.75, 3.05) is 31.2 Å². The van der Waals surface area contributed by atoms with Gasteiger partial charge in [-0.15, -0.1) is 14.4 Å². The van der Waals surface area contributed by atoms with Gasteiger partial charge in [0.1, 0.15) is 11.2 Å². The zero-order valence-electron chi connectivity index (χ0n) is 15.7. The first kappa shape index (κ1) is 18.6. The molecule has 0 atom stereocenters. The molecular weight excluding hydrogens is 399 g/mol. The van der Waals surface area contributed by atoms with Crippen molar-refractivity contribution in [1.29, 1.82) is 0 Å². The molecule has 1 aliphatic heterocycles. The second-order valence-corrected chi connectivity index (χ2v) is 7.00. The topological polar surface area (TPSA) is 67.2 Å². The summed E-state index contributed by atoms with van der Waals surface area (Å²) in [4.78, 5) is 19.8. The number of morpholine rings is 1. The third-order valence-electron chi connectivity index (χ3n) is 5.17. The number of hydrogen-bond donors (Lipinski definition) is 1. The molecule has 2 aromatic carbocycles. The van der Waals surface area contributed by atoms with Gasteiger partial charge in [-0.2, -0.15) is 13.2 Å². The maximum atomic E-state index is 13.1. The summed E-state index contributed by atoms with van der Waals surface area (Å²) in [6.45, 7) is 2.46. The smallest absolute Gasteiger partial charge is 0.378 e. The van der Waals surface area contributed by atoms with Gasteiger partial charge in [0.25, 0.3) is 0 Å². The van der Waals surface area contributed by atoms with Gasteiger partial charge in [0.15, 0.2) is 0 Å². The van der Waals surface area contributed by atoms with Crippen molar-refractivity contribution in [2.45, 2.75) is 6.18 Å². The monoisotopic (exact) mass is 416 g/mol. The lowest BCUT2D eigenvalue weighted by Gasteiger charge is -2.26. The van der Waals surface area contributed by atoms with Crippen molar-refractivity contribution in [1.82, 2.24) is 14.9 Å². The highest BCUT2D eigenvalue weighted by Gasteiger charge is 2.31. The van der Waals surface area contributed by atoms with Crippen molar-refractivity contribution in [3.8, 4) is 5.69 Å². The molecule has 0 spiro atoms. The number of hydrogen-bond acceptors (Lipinski definition) is 4. The van der Waals surface area contributed by atoms with Crippen LogP contribution in [0.25, 0.3) is 22.2 Å². The van der Waals surface area contributed by atoms with E-state index in [4.69, 9.17) is 4.74 Å². The Morgan fingerprint density at radius 1 is 1.03 bits per heavy atom. The maximum Gasteiger partial charge on any atom is 0.416 e. The molecule has 30 heavy (non-hydrogen) atoms. The number of fused-ring (bicyclic) bond motifs is 3. The molecule has 10 heteroatoms. The van der Waals surface area contributed by atoms with E-state index in [0.29, 0.717) is 32.1 Å². The first-order valence-corrected chi connectivity index (χ1v) is 9.39. The number of benzene rings is 2. The van der Waals surface area contributed by atoms with Crippen LogP contribution in [0.2, 0.25) is 0 Å². The molecular formula is C20H17F3N5O2+. The molecule has 7 nitrogen and oxygen atoms in total. The highest BCUT2D eigenvalue weighted by atomic mass is 19.4. The van der Waals surface area contributed by atoms with Gasteiger partial charge in [-0.1, -0.05) is 17.1 Å². The number of aromatic nitrogens is 4. The summed E-state index contributed by atoms with van der Waals surface area (Å²) in [5, 5.41) is 3.80. The van der Waals surface area contributed by atoms with E-state index in [1.807, 2.05) is 24.3 Å². The minimum Gasteiger partial charge on any atom is -0.378 e. The van der Waals surface area contributed by atoms with E-state index in [9.17, 15) is 18.0 Å². The zero-order valence-corrected chi connectivity index (χ0v) is 15.7. The van der Waals surface area contributed by atoms with Crippen molar-refractivity contribution in [3.05, 3.63) is 64.4 Å². The van der Waals surface area contributed by atoms with E-state index in [2.05, 4.69) is 15.1 Å². The summed E-state index contributed by atoms with van der Waals surface area (Å²) in [5.41, 5.74) is -0.0337. The average molecular weight is 416 g/mol. The molecule has 2 aromatic heterocycles. The Balaban J connectivity index is 1.70. The Hall–Kier alpha value is -3.40. The Bertz CT molecular complexity index is 1290. The predicted molar refractivity (Wildman–Crippen MR) is 103 cm³/mol. The quantitative estimate of drug-likeness (QED) is 0.510. The normalized spacial score (nSPS) is 15.2. The molecule has 0 radical (unpaired) electrons. The fourth-order valence-electron chi connectivity index (χ4n) is 3.66. The van der Waals surface area contributed by atoms with Crippen LogP contribution in [0.5, 0.6) is 0 Å². The van der Waals surface area contributed by atoms with Crippen LogP contribution in [0.4, 0.5) is 19.0 Å². The van der Waals surface area contributed by atoms with E-state index in [1.54, 1.807) is 4.52 Å². The molecule has 3 heterocycles. The fraction of sp³-hybridized carbons (Fsp3) is 0.250. The van der Waals surface area contributed by atoms with Crippen LogP contribution in [0.3, 0.4) is 0 Å². The number of ether oxygens (including phenoxy) is 1. The number of halogens is 3. The van der Waals surface area contributed by atoms with Crippen LogP contribution in [0.15, 0.2) is 53.3 Å². The summed E-state index contributed by atoms with van der Waals surface area (Å²) in [6.07, 6.45) is -4.44. The van der Waals surface area contributed by atoms with Gasteiger partial charge in [-0.25, -0.2) is 4.79 Å². The predicted octanol–water partition coefficient (Wildman–Crippen LogP) is 2.31. The summed E-state index contributed by atoms with van der Waals surface area (Å²) in [7, 11) is 0. The fourth-order valence-corrected chi connectivity index (χ4v) is 3.66. The van der Waals surface area contributed by atoms with E-state index < -0.39 is 17.3 Å². The summed E-state index contributed by atoms with van der Waals surface area (Å²) in [5.74, 6) is 0.685. The number of nitrogens with one attached hydrogen (secondary N) is 1. The Labute approximate surface area is 167 Å². The first-order valence-electron chi connectivity index (χ1n) is 9.39. The van der Waals surface area contributed by atoms with Crippen molar-refractivity contribution in [2.24, 2.45) is 0 Å². The second kappa shape index (κ2) is 6.84.